The number of benzene rings is 2. The van der Waals surface area contributed by atoms with Crippen molar-refractivity contribution in [3.8, 4) is 0 Å². The largest absolute Gasteiger partial charge is 0.396 e. The monoisotopic (exact) mass is 392 g/mol. The fraction of sp³-hybridized carbons (Fsp3) is 0.524. The molecule has 0 fully saturated rings. The summed E-state index contributed by atoms with van der Waals surface area (Å²) >= 11 is 0. The maximum Gasteiger partial charge on any atom is 0.240 e. The zero-order valence-corrected chi connectivity index (χ0v) is 17.1. The van der Waals surface area contributed by atoms with Crippen LogP contribution >= 0.6 is 0 Å². The van der Waals surface area contributed by atoms with Gasteiger partial charge in [0.05, 0.1) is 4.90 Å². The lowest BCUT2D eigenvalue weighted by atomic mass is 9.91. The lowest BCUT2D eigenvalue weighted by Crippen LogP contribution is -2.36. The van der Waals surface area contributed by atoms with Gasteiger partial charge in [-0.3, -0.25) is 0 Å². The Morgan fingerprint density at radius 2 is 1.74 bits per heavy atom. The summed E-state index contributed by atoms with van der Waals surface area (Å²) in [7, 11) is -3.64. The zero-order chi connectivity index (χ0) is 19.9. The quantitative estimate of drug-likeness (QED) is 0.547. The number of rotatable bonds is 11. The van der Waals surface area contributed by atoms with Crippen LogP contribution in [0.2, 0.25) is 0 Å². The van der Waals surface area contributed by atoms with Gasteiger partial charge in [-0.1, -0.05) is 44.2 Å². The molecule has 0 unspecified atom stereocenters. The van der Waals surface area contributed by atoms with Gasteiger partial charge in [0.1, 0.15) is 0 Å². The van der Waals surface area contributed by atoms with Crippen LogP contribution in [0.15, 0.2) is 47.4 Å². The van der Waals surface area contributed by atoms with Crippen molar-refractivity contribution in [3.05, 3.63) is 42.5 Å². The van der Waals surface area contributed by atoms with E-state index in [1.165, 1.54) is 0 Å². The van der Waals surface area contributed by atoms with E-state index in [4.69, 9.17) is 5.73 Å². The maximum absolute atomic E-state index is 12.8. The van der Waals surface area contributed by atoms with Crippen molar-refractivity contribution in [1.29, 1.82) is 0 Å². The van der Waals surface area contributed by atoms with E-state index in [0.29, 0.717) is 31.2 Å². The van der Waals surface area contributed by atoms with Gasteiger partial charge >= 0.3 is 0 Å². The fourth-order valence-electron chi connectivity index (χ4n) is 3.48. The van der Waals surface area contributed by atoms with Gasteiger partial charge in [0.2, 0.25) is 10.0 Å². The molecule has 0 aliphatic heterocycles. The van der Waals surface area contributed by atoms with Crippen molar-refractivity contribution in [2.45, 2.75) is 50.5 Å². The van der Waals surface area contributed by atoms with Crippen LogP contribution < -0.4 is 10.5 Å². The van der Waals surface area contributed by atoms with Crippen LogP contribution in [0.4, 0.5) is 0 Å². The molecule has 0 aliphatic rings. The molecule has 2 aromatic rings. The Morgan fingerprint density at radius 3 is 2.37 bits per heavy atom. The highest BCUT2D eigenvalue weighted by Gasteiger charge is 2.21. The predicted octanol–water partition coefficient (Wildman–Crippen LogP) is 3.27. The molecule has 0 aromatic heterocycles. The number of hydrogen-bond donors (Lipinski definition) is 3. The molecule has 0 heterocycles. The SMILES string of the molecule is CC(C)C[C@@H](CN)CC[C@H](CCO)NS(=O)(=O)c1ccc2ccccc2c1. The third-order valence-corrected chi connectivity index (χ3v) is 6.41. The molecule has 150 valence electrons. The smallest absolute Gasteiger partial charge is 0.240 e. The number of nitrogens with one attached hydrogen (secondary N) is 1. The molecule has 2 aromatic carbocycles. The van der Waals surface area contributed by atoms with Crippen LogP contribution in [-0.4, -0.2) is 32.7 Å². The average molecular weight is 393 g/mol. The first-order chi connectivity index (χ1) is 12.9. The second-order valence-corrected chi connectivity index (χ2v) is 9.36. The Balaban J connectivity index is 2.10. The van der Waals surface area contributed by atoms with Crippen molar-refractivity contribution >= 4 is 20.8 Å². The van der Waals surface area contributed by atoms with E-state index in [2.05, 4.69) is 18.6 Å². The van der Waals surface area contributed by atoms with Crippen LogP contribution in [0.5, 0.6) is 0 Å². The van der Waals surface area contributed by atoms with Crippen molar-refractivity contribution in [1.82, 2.24) is 4.72 Å². The average Bonchev–Trinajstić information content (AvgIpc) is 2.64. The number of fused-ring (bicyclic) bond motifs is 1. The van der Waals surface area contributed by atoms with Gasteiger partial charge in [0, 0.05) is 12.6 Å². The molecular formula is C21H32N2O3S. The summed E-state index contributed by atoms with van der Waals surface area (Å²) < 4.78 is 28.5. The van der Waals surface area contributed by atoms with Gasteiger partial charge in [-0.25, -0.2) is 13.1 Å². The summed E-state index contributed by atoms with van der Waals surface area (Å²) in [6.07, 6.45) is 2.94. The van der Waals surface area contributed by atoms with E-state index < -0.39 is 10.0 Å². The van der Waals surface area contributed by atoms with E-state index in [9.17, 15) is 13.5 Å². The van der Waals surface area contributed by atoms with Gasteiger partial charge < -0.3 is 10.8 Å². The van der Waals surface area contributed by atoms with Crippen LogP contribution in [0.3, 0.4) is 0 Å². The van der Waals surface area contributed by atoms with E-state index in [-0.39, 0.29) is 17.5 Å². The lowest BCUT2D eigenvalue weighted by molar-refractivity contribution is 0.261. The first kappa shape index (κ1) is 21.8. The van der Waals surface area contributed by atoms with E-state index in [1.807, 2.05) is 30.3 Å². The molecule has 0 saturated heterocycles. The molecule has 0 radical (unpaired) electrons. The Kier molecular flexibility index (Phi) is 8.23. The molecule has 6 heteroatoms. The Morgan fingerprint density at radius 1 is 1.04 bits per heavy atom. The second kappa shape index (κ2) is 10.2. The summed E-state index contributed by atoms with van der Waals surface area (Å²) in [5.74, 6) is 0.931. The highest BCUT2D eigenvalue weighted by atomic mass is 32.2. The molecule has 0 bridgehead atoms. The molecule has 0 saturated carbocycles. The molecule has 2 rings (SSSR count). The Bertz CT molecular complexity index is 821. The van der Waals surface area contributed by atoms with Crippen LogP contribution in [0.1, 0.15) is 39.5 Å². The number of aliphatic hydroxyl groups is 1. The van der Waals surface area contributed by atoms with Gasteiger partial charge in [-0.15, -0.1) is 0 Å². The summed E-state index contributed by atoms with van der Waals surface area (Å²) in [4.78, 5) is 0.252. The first-order valence-electron chi connectivity index (χ1n) is 9.67. The zero-order valence-electron chi connectivity index (χ0n) is 16.3. The molecule has 4 N–H and O–H groups in total. The highest BCUT2D eigenvalue weighted by Crippen LogP contribution is 2.21. The van der Waals surface area contributed by atoms with Crippen molar-refractivity contribution in [2.24, 2.45) is 17.6 Å². The van der Waals surface area contributed by atoms with E-state index in [1.54, 1.807) is 12.1 Å². The topological polar surface area (TPSA) is 92.4 Å². The maximum atomic E-state index is 12.8. The molecule has 2 atom stereocenters. The van der Waals surface area contributed by atoms with E-state index in [0.717, 1.165) is 23.6 Å². The highest BCUT2D eigenvalue weighted by molar-refractivity contribution is 7.89. The Hall–Kier alpha value is -1.47. The van der Waals surface area contributed by atoms with Crippen LogP contribution in [0.25, 0.3) is 10.8 Å². The number of nitrogens with two attached hydrogens (primary N) is 1. The minimum atomic E-state index is -3.64. The number of hydrogen-bond acceptors (Lipinski definition) is 4. The minimum Gasteiger partial charge on any atom is -0.396 e. The minimum absolute atomic E-state index is 0.0532. The molecule has 0 aliphatic carbocycles. The number of sulfonamides is 1. The molecule has 27 heavy (non-hydrogen) atoms. The van der Waals surface area contributed by atoms with Gasteiger partial charge in [-0.05, 0) is 67.0 Å². The van der Waals surface area contributed by atoms with Crippen molar-refractivity contribution < 1.29 is 13.5 Å². The summed E-state index contributed by atoms with van der Waals surface area (Å²) in [6.45, 7) is 4.87. The van der Waals surface area contributed by atoms with Gasteiger partial charge in [-0.2, -0.15) is 0 Å². The molecule has 0 spiro atoms. The molecule has 0 amide bonds. The molecular weight excluding hydrogens is 360 g/mol. The summed E-state index contributed by atoms with van der Waals surface area (Å²) in [6, 6.07) is 12.5. The fourth-order valence-corrected chi connectivity index (χ4v) is 4.82. The van der Waals surface area contributed by atoms with Crippen LogP contribution in [-0.2, 0) is 10.0 Å². The van der Waals surface area contributed by atoms with Crippen molar-refractivity contribution in [2.75, 3.05) is 13.2 Å². The summed E-state index contributed by atoms with van der Waals surface area (Å²) in [5.41, 5.74) is 5.86. The third-order valence-electron chi connectivity index (χ3n) is 4.89. The standard InChI is InChI=1S/C21H32N2O3S/c1-16(2)13-17(15-22)7-9-20(11-12-24)23-27(25,26)21-10-8-18-5-3-4-6-19(18)14-21/h3-6,8,10,14,16-17,20,23-24H,7,9,11-13,15,22H2,1-2H3/t17-,20+/m0/s1. The van der Waals surface area contributed by atoms with E-state index >= 15 is 0 Å². The van der Waals surface area contributed by atoms with Gasteiger partial charge in [0.25, 0.3) is 0 Å². The molecule has 5 nitrogen and oxygen atoms in total. The predicted molar refractivity (Wildman–Crippen MR) is 111 cm³/mol. The Labute approximate surface area is 163 Å². The van der Waals surface area contributed by atoms with Gasteiger partial charge in [0.15, 0.2) is 0 Å². The second-order valence-electron chi connectivity index (χ2n) is 7.65. The first-order valence-corrected chi connectivity index (χ1v) is 11.2. The third kappa shape index (κ3) is 6.57. The normalized spacial score (nSPS) is 14.6. The summed E-state index contributed by atoms with van der Waals surface area (Å²) in [5, 5.41) is 11.2. The van der Waals surface area contributed by atoms with Crippen LogP contribution in [0, 0.1) is 11.8 Å². The van der Waals surface area contributed by atoms with Crippen molar-refractivity contribution in [3.63, 3.8) is 0 Å². The number of aliphatic hydroxyl groups excluding tert-OH is 1. The lowest BCUT2D eigenvalue weighted by Gasteiger charge is -2.22.